The molecule has 1 atom stereocenters. The van der Waals surface area contributed by atoms with Crippen molar-refractivity contribution in [3.05, 3.63) is 58.9 Å². The Balaban J connectivity index is 1.56. The minimum atomic E-state index is -1.10. The molecule has 2 aromatic heterocycles. The van der Waals surface area contributed by atoms with Crippen LogP contribution in [0.5, 0.6) is 0 Å². The number of piperidine rings is 1. The third-order valence-electron chi connectivity index (χ3n) is 6.67. The first-order chi connectivity index (χ1) is 17.8. The number of fused-ring (bicyclic) bond motifs is 1. The van der Waals surface area contributed by atoms with Gasteiger partial charge in [0.1, 0.15) is 28.2 Å². The third-order valence-corrected chi connectivity index (χ3v) is 6.87. The molecule has 0 saturated carbocycles. The third kappa shape index (κ3) is 4.67. The standard InChI is InChI=1S/C26H25ClN8O2/c1-15-11-18(13-20(27)31-15)21-22(17-4-2-3-16(12-17)14-28)34-35-10-5-19(32-23(21)35)24(36)33-26(25(29)37)6-8-30-9-7-26/h2-5,10-13,19,30,32H,6-9H2,1H3,(H2,29,37)(H,33,36). The number of nitriles is 1. The van der Waals surface area contributed by atoms with E-state index >= 15 is 0 Å². The molecular formula is C26H25ClN8O2. The molecule has 1 unspecified atom stereocenters. The molecular weight excluding hydrogens is 492 g/mol. The maximum Gasteiger partial charge on any atom is 0.247 e. The van der Waals surface area contributed by atoms with Crippen molar-refractivity contribution in [2.45, 2.75) is 31.3 Å². The molecule has 2 aliphatic heterocycles. The first-order valence-corrected chi connectivity index (χ1v) is 12.2. The number of anilines is 1. The number of nitrogens with two attached hydrogens (primary N) is 1. The van der Waals surface area contributed by atoms with Gasteiger partial charge in [0.25, 0.3) is 0 Å². The van der Waals surface area contributed by atoms with Crippen LogP contribution >= 0.6 is 11.6 Å². The highest BCUT2D eigenvalue weighted by atomic mass is 35.5. The van der Waals surface area contributed by atoms with Gasteiger partial charge in [0, 0.05) is 17.5 Å². The summed E-state index contributed by atoms with van der Waals surface area (Å²) in [6, 6.07) is 12.1. The van der Waals surface area contributed by atoms with Gasteiger partial charge in [-0.2, -0.15) is 10.4 Å². The normalized spacial score (nSPS) is 17.8. The van der Waals surface area contributed by atoms with Crippen LogP contribution in [0.3, 0.4) is 0 Å². The van der Waals surface area contributed by atoms with Gasteiger partial charge in [-0.25, -0.2) is 9.67 Å². The summed E-state index contributed by atoms with van der Waals surface area (Å²) in [5, 5.41) is 23.9. The lowest BCUT2D eigenvalue weighted by atomic mass is 9.87. The predicted molar refractivity (Wildman–Crippen MR) is 140 cm³/mol. The summed E-state index contributed by atoms with van der Waals surface area (Å²) in [7, 11) is 0. The van der Waals surface area contributed by atoms with E-state index in [1.54, 1.807) is 41.2 Å². The number of hydrogen-bond donors (Lipinski definition) is 4. The predicted octanol–water partition coefficient (Wildman–Crippen LogP) is 2.43. The zero-order chi connectivity index (χ0) is 26.2. The summed E-state index contributed by atoms with van der Waals surface area (Å²) in [5.41, 5.74) is 8.62. The maximum absolute atomic E-state index is 13.4. The maximum atomic E-state index is 13.4. The number of primary amides is 1. The zero-order valence-electron chi connectivity index (χ0n) is 20.1. The lowest BCUT2D eigenvalue weighted by Crippen LogP contribution is -2.63. The summed E-state index contributed by atoms with van der Waals surface area (Å²) in [4.78, 5) is 29.9. The molecule has 0 bridgehead atoms. The van der Waals surface area contributed by atoms with Crippen molar-refractivity contribution in [1.29, 1.82) is 5.26 Å². The van der Waals surface area contributed by atoms with E-state index in [1.165, 1.54) is 0 Å². The van der Waals surface area contributed by atoms with Crippen molar-refractivity contribution in [2.24, 2.45) is 5.73 Å². The van der Waals surface area contributed by atoms with Crippen LogP contribution in [-0.4, -0.2) is 51.2 Å². The second-order valence-corrected chi connectivity index (χ2v) is 9.57. The largest absolute Gasteiger partial charge is 0.368 e. The molecule has 2 aliphatic rings. The number of amides is 2. The Morgan fingerprint density at radius 2 is 2.03 bits per heavy atom. The molecule has 10 nitrogen and oxygen atoms in total. The van der Waals surface area contributed by atoms with E-state index in [-0.39, 0.29) is 5.91 Å². The fraction of sp³-hybridized carbons (Fsp3) is 0.269. The Kier molecular flexibility index (Phi) is 6.41. The van der Waals surface area contributed by atoms with E-state index in [9.17, 15) is 14.9 Å². The van der Waals surface area contributed by atoms with Gasteiger partial charge >= 0.3 is 0 Å². The van der Waals surface area contributed by atoms with Crippen LogP contribution in [0.15, 0.2) is 42.5 Å². The van der Waals surface area contributed by atoms with Gasteiger partial charge in [0.15, 0.2) is 0 Å². The fourth-order valence-electron chi connectivity index (χ4n) is 4.78. The minimum absolute atomic E-state index is 0.321. The lowest BCUT2D eigenvalue weighted by molar-refractivity contribution is -0.132. The number of benzene rings is 1. The molecule has 37 heavy (non-hydrogen) atoms. The number of nitrogens with one attached hydrogen (secondary N) is 3. The smallest absolute Gasteiger partial charge is 0.247 e. The highest BCUT2D eigenvalue weighted by Gasteiger charge is 2.41. The van der Waals surface area contributed by atoms with Crippen molar-refractivity contribution in [3.8, 4) is 28.5 Å². The molecule has 2 amide bonds. The van der Waals surface area contributed by atoms with Crippen LogP contribution < -0.4 is 21.7 Å². The number of carbonyl (C=O) groups excluding carboxylic acids is 2. The van der Waals surface area contributed by atoms with E-state index in [0.717, 1.165) is 11.1 Å². The van der Waals surface area contributed by atoms with Crippen molar-refractivity contribution >= 4 is 35.4 Å². The molecule has 3 aromatic rings. The Bertz CT molecular complexity index is 1450. The molecule has 5 rings (SSSR count). The van der Waals surface area contributed by atoms with Crippen LogP contribution in [0.4, 0.5) is 5.82 Å². The highest BCUT2D eigenvalue weighted by Crippen LogP contribution is 2.40. The van der Waals surface area contributed by atoms with E-state index in [4.69, 9.17) is 22.4 Å². The van der Waals surface area contributed by atoms with Gasteiger partial charge in [-0.05, 0) is 68.8 Å². The topological polar surface area (TPSA) is 151 Å². The quantitative estimate of drug-likeness (QED) is 0.380. The number of carbonyl (C=O) groups is 2. The second-order valence-electron chi connectivity index (χ2n) is 9.18. The minimum Gasteiger partial charge on any atom is -0.368 e. The van der Waals surface area contributed by atoms with Crippen LogP contribution in [0, 0.1) is 18.3 Å². The lowest BCUT2D eigenvalue weighted by Gasteiger charge is -2.36. The number of halogens is 1. The van der Waals surface area contributed by atoms with Gasteiger partial charge in [0.05, 0.1) is 17.2 Å². The van der Waals surface area contributed by atoms with Crippen molar-refractivity contribution in [3.63, 3.8) is 0 Å². The Morgan fingerprint density at radius 1 is 1.24 bits per heavy atom. The average molecular weight is 517 g/mol. The molecule has 0 spiro atoms. The van der Waals surface area contributed by atoms with E-state index in [1.807, 2.05) is 19.1 Å². The molecule has 5 N–H and O–H groups in total. The van der Waals surface area contributed by atoms with Crippen LogP contribution in [-0.2, 0) is 9.59 Å². The molecule has 4 heterocycles. The van der Waals surface area contributed by atoms with Crippen LogP contribution in [0.2, 0.25) is 5.15 Å². The van der Waals surface area contributed by atoms with Gasteiger partial charge in [-0.1, -0.05) is 23.7 Å². The Hall–Kier alpha value is -4.20. The van der Waals surface area contributed by atoms with E-state index in [0.29, 0.717) is 59.4 Å². The van der Waals surface area contributed by atoms with Gasteiger partial charge in [-0.3, -0.25) is 9.59 Å². The van der Waals surface area contributed by atoms with Gasteiger partial charge in [-0.15, -0.1) is 0 Å². The van der Waals surface area contributed by atoms with Crippen molar-refractivity contribution in [2.75, 3.05) is 18.4 Å². The monoisotopic (exact) mass is 516 g/mol. The SMILES string of the molecule is Cc1cc(-c2c(-c3cccc(C#N)c3)nn3c2NC(C(=O)NC2(C(N)=O)CCNCC2)C=C3)cc(Cl)n1. The number of aromatic nitrogens is 3. The Labute approximate surface area is 218 Å². The van der Waals surface area contributed by atoms with Crippen LogP contribution in [0.25, 0.3) is 28.6 Å². The molecule has 0 aliphatic carbocycles. The summed E-state index contributed by atoms with van der Waals surface area (Å²) in [6.07, 6.45) is 4.21. The molecule has 1 aromatic carbocycles. The van der Waals surface area contributed by atoms with E-state index < -0.39 is 17.5 Å². The highest BCUT2D eigenvalue weighted by molar-refractivity contribution is 6.29. The molecule has 1 fully saturated rings. The number of pyridine rings is 1. The number of rotatable bonds is 5. The molecule has 1 saturated heterocycles. The summed E-state index contributed by atoms with van der Waals surface area (Å²) < 4.78 is 1.64. The Morgan fingerprint density at radius 3 is 2.73 bits per heavy atom. The zero-order valence-corrected chi connectivity index (χ0v) is 20.8. The fourth-order valence-corrected chi connectivity index (χ4v) is 5.03. The molecule has 11 heteroatoms. The number of nitrogens with zero attached hydrogens (tertiary/aromatic N) is 4. The summed E-state index contributed by atoms with van der Waals surface area (Å²) >= 11 is 6.30. The average Bonchev–Trinajstić information content (AvgIpc) is 3.27. The number of hydrogen-bond acceptors (Lipinski definition) is 7. The van der Waals surface area contributed by atoms with Gasteiger partial charge in [0.2, 0.25) is 11.8 Å². The summed E-state index contributed by atoms with van der Waals surface area (Å²) in [6.45, 7) is 3.01. The van der Waals surface area contributed by atoms with E-state index in [2.05, 4.69) is 27.0 Å². The molecule has 188 valence electrons. The van der Waals surface area contributed by atoms with Crippen molar-refractivity contribution in [1.82, 2.24) is 25.4 Å². The second kappa shape index (κ2) is 9.69. The van der Waals surface area contributed by atoms with Crippen molar-refractivity contribution < 1.29 is 9.59 Å². The number of aryl methyl sites for hydroxylation is 1. The summed E-state index contributed by atoms with van der Waals surface area (Å²) in [5.74, 6) is -0.345. The molecule has 0 radical (unpaired) electrons. The van der Waals surface area contributed by atoms with Crippen LogP contribution in [0.1, 0.15) is 24.1 Å². The first-order valence-electron chi connectivity index (χ1n) is 11.8. The van der Waals surface area contributed by atoms with Gasteiger partial charge < -0.3 is 21.7 Å². The first kappa shape index (κ1) is 24.5.